The smallest absolute Gasteiger partial charge is 0.337 e. The Morgan fingerprint density at radius 3 is 2.30 bits per heavy atom. The van der Waals surface area contributed by atoms with E-state index < -0.39 is 23.0 Å². The first-order valence-corrected chi connectivity index (χ1v) is 7.06. The lowest BCUT2D eigenvalue weighted by atomic mass is 9.79. The van der Waals surface area contributed by atoms with Crippen LogP contribution in [0.25, 0.3) is 5.57 Å². The Labute approximate surface area is 133 Å². The highest BCUT2D eigenvalue weighted by molar-refractivity contribution is 6.35. The minimum Gasteiger partial charge on any atom is -0.465 e. The van der Waals surface area contributed by atoms with Crippen LogP contribution in [0.1, 0.15) is 36.7 Å². The first-order chi connectivity index (χ1) is 10.6. The number of ether oxygens (including phenoxy) is 1. The first-order valence-electron chi connectivity index (χ1n) is 7.06. The van der Waals surface area contributed by atoms with Gasteiger partial charge in [-0.05, 0) is 35.8 Å². The number of benzene rings is 1. The fourth-order valence-corrected chi connectivity index (χ4v) is 2.33. The molecular formula is C18H17FO4. The summed E-state index contributed by atoms with van der Waals surface area (Å²) in [6.45, 7) is 5.46. The van der Waals surface area contributed by atoms with Crippen molar-refractivity contribution in [2.24, 2.45) is 5.41 Å². The molecule has 120 valence electrons. The Hall–Kier alpha value is -2.56. The van der Waals surface area contributed by atoms with E-state index in [1.165, 1.54) is 25.3 Å². The predicted octanol–water partition coefficient (Wildman–Crippen LogP) is 3.12. The Morgan fingerprint density at radius 1 is 1.09 bits per heavy atom. The lowest BCUT2D eigenvalue weighted by Crippen LogP contribution is -2.22. The van der Waals surface area contributed by atoms with Gasteiger partial charge in [0.25, 0.3) is 0 Å². The lowest BCUT2D eigenvalue weighted by Gasteiger charge is -2.23. The highest BCUT2D eigenvalue weighted by Crippen LogP contribution is 2.32. The van der Waals surface area contributed by atoms with Crippen molar-refractivity contribution in [2.75, 3.05) is 7.11 Å². The van der Waals surface area contributed by atoms with Crippen molar-refractivity contribution >= 4 is 23.1 Å². The molecule has 5 heteroatoms. The number of ketones is 2. The first kappa shape index (κ1) is 16.8. The fraction of sp³-hybridized carbons (Fsp3) is 0.278. The van der Waals surface area contributed by atoms with Crippen molar-refractivity contribution in [3.8, 4) is 0 Å². The molecule has 4 nitrogen and oxygen atoms in total. The van der Waals surface area contributed by atoms with E-state index in [1.54, 1.807) is 0 Å². The summed E-state index contributed by atoms with van der Waals surface area (Å²) in [6, 6.07) is 3.55. The quantitative estimate of drug-likeness (QED) is 0.621. The van der Waals surface area contributed by atoms with Gasteiger partial charge in [0, 0.05) is 16.7 Å². The van der Waals surface area contributed by atoms with Crippen LogP contribution in [0.3, 0.4) is 0 Å². The minimum absolute atomic E-state index is 0.0637. The van der Waals surface area contributed by atoms with Crippen LogP contribution in [0.2, 0.25) is 0 Å². The lowest BCUT2D eigenvalue weighted by molar-refractivity contribution is -0.114. The maximum atomic E-state index is 14.1. The second kappa shape index (κ2) is 5.91. The fourth-order valence-electron chi connectivity index (χ4n) is 2.33. The van der Waals surface area contributed by atoms with Crippen molar-refractivity contribution in [3.05, 3.63) is 52.9 Å². The topological polar surface area (TPSA) is 60.4 Å². The Bertz CT molecular complexity index is 764. The van der Waals surface area contributed by atoms with Crippen LogP contribution >= 0.6 is 0 Å². The molecule has 1 aromatic rings. The molecule has 0 bridgehead atoms. The zero-order valence-electron chi connectivity index (χ0n) is 13.4. The minimum atomic E-state index is -0.683. The van der Waals surface area contributed by atoms with Gasteiger partial charge in [-0.2, -0.15) is 0 Å². The monoisotopic (exact) mass is 316 g/mol. The summed E-state index contributed by atoms with van der Waals surface area (Å²) in [4.78, 5) is 36.1. The van der Waals surface area contributed by atoms with E-state index in [2.05, 4.69) is 4.74 Å². The summed E-state index contributed by atoms with van der Waals surface area (Å²) >= 11 is 0. The number of hydrogen-bond acceptors (Lipinski definition) is 4. The molecule has 0 unspecified atom stereocenters. The van der Waals surface area contributed by atoms with Crippen LogP contribution in [0.5, 0.6) is 0 Å². The zero-order chi connectivity index (χ0) is 17.4. The third-order valence-corrected chi connectivity index (χ3v) is 3.57. The summed E-state index contributed by atoms with van der Waals surface area (Å²) in [5.41, 5.74) is -0.158. The number of hydrogen-bond donors (Lipinski definition) is 0. The molecule has 2 rings (SSSR count). The second-order valence-corrected chi connectivity index (χ2v) is 6.28. The molecule has 0 heterocycles. The van der Waals surface area contributed by atoms with Gasteiger partial charge in [0.15, 0.2) is 11.6 Å². The number of esters is 1. The van der Waals surface area contributed by atoms with Crippen LogP contribution in [0.15, 0.2) is 35.9 Å². The third-order valence-electron chi connectivity index (χ3n) is 3.57. The Morgan fingerprint density at radius 2 is 1.74 bits per heavy atom. The highest BCUT2D eigenvalue weighted by atomic mass is 19.1. The van der Waals surface area contributed by atoms with E-state index in [-0.39, 0.29) is 22.5 Å². The maximum Gasteiger partial charge on any atom is 0.337 e. The third kappa shape index (κ3) is 3.28. The summed E-state index contributed by atoms with van der Waals surface area (Å²) < 4.78 is 18.7. The molecule has 0 radical (unpaired) electrons. The van der Waals surface area contributed by atoms with Gasteiger partial charge in [0.1, 0.15) is 5.82 Å². The predicted molar refractivity (Wildman–Crippen MR) is 83.3 cm³/mol. The van der Waals surface area contributed by atoms with Crippen LogP contribution in [-0.4, -0.2) is 24.6 Å². The van der Waals surface area contributed by atoms with Gasteiger partial charge >= 0.3 is 5.97 Å². The molecule has 0 saturated heterocycles. The summed E-state index contributed by atoms with van der Waals surface area (Å²) in [7, 11) is 1.21. The SMILES string of the molecule is COC(=O)c1ccc(F)c(C2=CC(=O)C(C(C)(C)C)=CC2=O)c1. The van der Waals surface area contributed by atoms with Gasteiger partial charge in [-0.25, -0.2) is 9.18 Å². The molecule has 0 aromatic heterocycles. The van der Waals surface area contributed by atoms with Crippen LogP contribution in [0.4, 0.5) is 4.39 Å². The highest BCUT2D eigenvalue weighted by Gasteiger charge is 2.30. The largest absolute Gasteiger partial charge is 0.465 e. The number of allylic oxidation sites excluding steroid dienone is 4. The van der Waals surface area contributed by atoms with Crippen molar-refractivity contribution in [2.45, 2.75) is 20.8 Å². The standard InChI is InChI=1S/C18H17FO4/c1-18(2,3)13-9-15(20)12(8-16(13)21)11-7-10(17(22)23-4)5-6-14(11)19/h5-9H,1-4H3. The van der Waals surface area contributed by atoms with Crippen LogP contribution < -0.4 is 0 Å². The van der Waals surface area contributed by atoms with Crippen LogP contribution in [0, 0.1) is 11.2 Å². The molecule has 0 N–H and O–H groups in total. The molecule has 0 saturated carbocycles. The van der Waals surface area contributed by atoms with Gasteiger partial charge in [-0.15, -0.1) is 0 Å². The second-order valence-electron chi connectivity index (χ2n) is 6.28. The molecule has 1 aliphatic rings. The van der Waals surface area contributed by atoms with Gasteiger partial charge in [-0.1, -0.05) is 20.8 Å². The number of carbonyl (C=O) groups is 3. The summed E-state index contributed by atoms with van der Waals surface area (Å²) in [5.74, 6) is -2.13. The molecule has 0 aliphatic heterocycles. The molecule has 23 heavy (non-hydrogen) atoms. The van der Waals surface area contributed by atoms with E-state index in [9.17, 15) is 18.8 Å². The number of halogens is 1. The van der Waals surface area contributed by atoms with E-state index in [0.29, 0.717) is 5.57 Å². The number of methoxy groups -OCH3 is 1. The number of rotatable bonds is 2. The molecule has 1 aliphatic carbocycles. The average molecular weight is 316 g/mol. The van der Waals surface area contributed by atoms with Gasteiger partial charge < -0.3 is 4.74 Å². The molecule has 0 atom stereocenters. The summed E-state index contributed by atoms with van der Waals surface area (Å²) in [5, 5.41) is 0. The normalized spacial score (nSPS) is 15.2. The van der Waals surface area contributed by atoms with Crippen molar-refractivity contribution < 1.29 is 23.5 Å². The van der Waals surface area contributed by atoms with Gasteiger partial charge in [0.05, 0.1) is 12.7 Å². The van der Waals surface area contributed by atoms with E-state index in [0.717, 1.165) is 12.1 Å². The molecule has 0 fully saturated rings. The molecular weight excluding hydrogens is 299 g/mol. The zero-order valence-corrected chi connectivity index (χ0v) is 13.4. The van der Waals surface area contributed by atoms with Gasteiger partial charge in [-0.3, -0.25) is 9.59 Å². The van der Waals surface area contributed by atoms with Crippen molar-refractivity contribution in [1.29, 1.82) is 0 Å². The van der Waals surface area contributed by atoms with Crippen LogP contribution in [-0.2, 0) is 14.3 Å². The molecule has 0 spiro atoms. The average Bonchev–Trinajstić information content (AvgIpc) is 2.48. The Kier molecular flexibility index (Phi) is 4.32. The summed E-state index contributed by atoms with van der Waals surface area (Å²) in [6.07, 6.45) is 2.37. The molecule has 0 amide bonds. The van der Waals surface area contributed by atoms with E-state index >= 15 is 0 Å². The van der Waals surface area contributed by atoms with Gasteiger partial charge in [0.2, 0.25) is 0 Å². The van der Waals surface area contributed by atoms with Crippen molar-refractivity contribution in [1.82, 2.24) is 0 Å². The number of carbonyl (C=O) groups excluding carboxylic acids is 3. The van der Waals surface area contributed by atoms with Crippen molar-refractivity contribution in [3.63, 3.8) is 0 Å². The maximum absolute atomic E-state index is 14.1. The van der Waals surface area contributed by atoms with E-state index in [4.69, 9.17) is 0 Å². The van der Waals surface area contributed by atoms with E-state index in [1.807, 2.05) is 20.8 Å². The Balaban J connectivity index is 2.51. The molecule has 1 aromatic carbocycles.